The lowest BCUT2D eigenvalue weighted by Gasteiger charge is -2.40. The van der Waals surface area contributed by atoms with E-state index in [2.05, 4.69) is 226 Å². The fraction of sp³-hybridized carbons (Fsp3) is 0.413. The van der Waals surface area contributed by atoms with E-state index in [9.17, 15) is 0 Å². The molecule has 3 heteroatoms. The summed E-state index contributed by atoms with van der Waals surface area (Å²) in [6.07, 6.45) is 30.0. The summed E-state index contributed by atoms with van der Waals surface area (Å²) in [7, 11) is 0. The van der Waals surface area contributed by atoms with E-state index in [0.29, 0.717) is 0 Å². The smallest absolute Gasteiger partial charge is 0.144 e. The highest BCUT2D eigenvalue weighted by molar-refractivity contribution is 6.21. The van der Waals surface area contributed by atoms with Gasteiger partial charge in [0.2, 0.25) is 0 Å². The number of aryl methyl sites for hydroxylation is 2. The van der Waals surface area contributed by atoms with E-state index < -0.39 is 0 Å². The van der Waals surface area contributed by atoms with Crippen LogP contribution in [0.5, 0.6) is 0 Å². The van der Waals surface area contributed by atoms with Gasteiger partial charge in [-0.25, -0.2) is 0 Å². The molecule has 0 aliphatic heterocycles. The molecule has 0 N–H and O–H groups in total. The van der Waals surface area contributed by atoms with Crippen LogP contribution >= 0.6 is 0 Å². The largest absolute Gasteiger partial charge is 0.456 e. The Morgan fingerprint density at radius 1 is 0.316 bits per heavy atom. The van der Waals surface area contributed by atoms with Gasteiger partial charge in [-0.1, -0.05) is 269 Å². The van der Waals surface area contributed by atoms with Crippen molar-refractivity contribution in [3.63, 3.8) is 0 Å². The molecule has 0 amide bonds. The molecule has 4 aliphatic rings. The van der Waals surface area contributed by atoms with Crippen LogP contribution < -0.4 is 4.90 Å². The molecule has 0 fully saturated rings. The van der Waals surface area contributed by atoms with Gasteiger partial charge in [0.05, 0.1) is 0 Å². The van der Waals surface area contributed by atoms with Crippen LogP contribution in [0.25, 0.3) is 88.4 Å². The maximum Gasteiger partial charge on any atom is 0.144 e. The fourth-order valence-corrected chi connectivity index (χ4v) is 19.4. The number of fused-ring (bicyclic) bond motifs is 22. The first-order valence-corrected chi connectivity index (χ1v) is 37.7. The van der Waals surface area contributed by atoms with Crippen molar-refractivity contribution >= 4 is 60.9 Å². The summed E-state index contributed by atoms with van der Waals surface area (Å²) in [5.74, 6) is 0. The summed E-state index contributed by atoms with van der Waals surface area (Å²) in [4.78, 5) is 2.66. The van der Waals surface area contributed by atoms with E-state index >= 15 is 0 Å². The van der Waals surface area contributed by atoms with Gasteiger partial charge in [0.25, 0.3) is 0 Å². The second-order valence-electron chi connectivity index (χ2n) is 31.0. The lowest BCUT2D eigenvalue weighted by molar-refractivity contribution is 0.369. The zero-order valence-electron chi connectivity index (χ0n) is 59.2. The van der Waals surface area contributed by atoms with Crippen molar-refractivity contribution in [2.75, 3.05) is 4.90 Å². The molecule has 0 atom stereocenters. The summed E-state index contributed by atoms with van der Waals surface area (Å²) < 4.78 is 14.1. The zero-order chi connectivity index (χ0) is 65.4. The van der Waals surface area contributed by atoms with E-state index in [4.69, 9.17) is 8.83 Å². The summed E-state index contributed by atoms with van der Waals surface area (Å²) in [5, 5.41) is 5.03. The first-order valence-electron chi connectivity index (χ1n) is 37.7. The number of furan rings is 2. The van der Waals surface area contributed by atoms with E-state index in [-0.39, 0.29) is 21.7 Å². The minimum absolute atomic E-state index is 0.138. The predicted octanol–water partition coefficient (Wildman–Crippen LogP) is 28.2. The van der Waals surface area contributed by atoms with Crippen LogP contribution in [0.3, 0.4) is 0 Å². The second-order valence-corrected chi connectivity index (χ2v) is 31.0. The molecule has 0 spiro atoms. The molecule has 9 aromatic carbocycles. The number of hydrogen-bond donors (Lipinski definition) is 0. The molecular formula is C92H103NO2. The Morgan fingerprint density at radius 2 is 0.779 bits per heavy atom. The molecule has 11 aromatic rings. The molecule has 3 nitrogen and oxygen atoms in total. The lowest BCUT2D eigenvalue weighted by atomic mass is 9.62. The molecule has 488 valence electrons. The zero-order valence-corrected chi connectivity index (χ0v) is 59.2. The van der Waals surface area contributed by atoms with Crippen LogP contribution in [-0.2, 0) is 21.7 Å². The number of anilines is 3. The van der Waals surface area contributed by atoms with Gasteiger partial charge in [-0.3, -0.25) is 0 Å². The van der Waals surface area contributed by atoms with Crippen LogP contribution in [0.15, 0.2) is 160 Å². The van der Waals surface area contributed by atoms with E-state index in [1.807, 2.05) is 0 Å². The van der Waals surface area contributed by atoms with Crippen molar-refractivity contribution in [3.05, 3.63) is 207 Å². The predicted molar refractivity (Wildman–Crippen MR) is 406 cm³/mol. The molecule has 15 rings (SSSR count). The van der Waals surface area contributed by atoms with Crippen molar-refractivity contribution in [2.45, 2.75) is 245 Å². The van der Waals surface area contributed by atoms with Crippen LogP contribution in [0.1, 0.15) is 265 Å². The highest BCUT2D eigenvalue weighted by Crippen LogP contribution is 2.68. The molecule has 95 heavy (non-hydrogen) atoms. The SMILES string of the molecule is CCCCCCCC1(CCCCCCC)c2ccccc2-c2c1c1c(c3c2oc2ccccc23)-c2ccc(N(c3cc(C)cc(C)c3)c3ccc4c(c3)C(C)(C)c3cc5c(cc3-4)C(C)(C)c3ccc4oc6ccccc6c4c3-5)cc2C1(CCCCCCC)CCCCCCC. The highest BCUT2D eigenvalue weighted by atomic mass is 16.3. The summed E-state index contributed by atoms with van der Waals surface area (Å²) in [6.45, 7) is 23.9. The third-order valence-electron chi connectivity index (χ3n) is 24.0. The van der Waals surface area contributed by atoms with Crippen LogP contribution in [0.2, 0.25) is 0 Å². The van der Waals surface area contributed by atoms with Gasteiger partial charge >= 0.3 is 0 Å². The third kappa shape index (κ3) is 10.3. The minimum atomic E-state index is -0.275. The van der Waals surface area contributed by atoms with Gasteiger partial charge in [-0.05, 0) is 201 Å². The summed E-state index contributed by atoms with van der Waals surface area (Å²) in [5.41, 5.74) is 32.6. The van der Waals surface area contributed by atoms with Gasteiger partial charge in [0.15, 0.2) is 0 Å². The molecule has 2 heterocycles. The second kappa shape index (κ2) is 25.4. The number of hydrogen-bond acceptors (Lipinski definition) is 3. The van der Waals surface area contributed by atoms with Crippen molar-refractivity contribution in [3.8, 4) is 44.5 Å². The van der Waals surface area contributed by atoms with Gasteiger partial charge in [-0.15, -0.1) is 0 Å². The number of rotatable bonds is 27. The summed E-state index contributed by atoms with van der Waals surface area (Å²) >= 11 is 0. The molecule has 4 aliphatic carbocycles. The fourth-order valence-electron chi connectivity index (χ4n) is 19.4. The van der Waals surface area contributed by atoms with Crippen molar-refractivity contribution in [1.29, 1.82) is 0 Å². The van der Waals surface area contributed by atoms with Gasteiger partial charge < -0.3 is 13.7 Å². The van der Waals surface area contributed by atoms with Crippen LogP contribution in [0, 0.1) is 13.8 Å². The Hall–Kier alpha value is -7.62. The summed E-state index contributed by atoms with van der Waals surface area (Å²) in [6, 6.07) is 59.9. The highest BCUT2D eigenvalue weighted by Gasteiger charge is 2.54. The molecular weight excluding hydrogens is 1150 g/mol. The monoisotopic (exact) mass is 1250 g/mol. The Labute approximate surface area is 568 Å². The van der Waals surface area contributed by atoms with E-state index in [1.54, 1.807) is 22.3 Å². The molecule has 0 saturated heterocycles. The molecule has 2 aromatic heterocycles. The van der Waals surface area contributed by atoms with Crippen molar-refractivity contribution in [1.82, 2.24) is 0 Å². The molecule has 0 bridgehead atoms. The number of unbranched alkanes of at least 4 members (excludes halogenated alkanes) is 16. The lowest BCUT2D eigenvalue weighted by Crippen LogP contribution is -2.33. The van der Waals surface area contributed by atoms with Gasteiger partial charge in [0, 0.05) is 65.8 Å². The van der Waals surface area contributed by atoms with Crippen molar-refractivity contribution in [2.24, 2.45) is 0 Å². The Bertz CT molecular complexity index is 4680. The quantitative estimate of drug-likeness (QED) is 0.0481. The van der Waals surface area contributed by atoms with E-state index in [1.165, 1.54) is 258 Å². The average molecular weight is 1250 g/mol. The average Bonchev–Trinajstić information content (AvgIpc) is 1.50. The van der Waals surface area contributed by atoms with Gasteiger partial charge in [0.1, 0.15) is 22.3 Å². The third-order valence-corrected chi connectivity index (χ3v) is 24.0. The topological polar surface area (TPSA) is 29.5 Å². The van der Waals surface area contributed by atoms with Crippen molar-refractivity contribution < 1.29 is 8.83 Å². The molecule has 0 unspecified atom stereocenters. The number of nitrogens with zero attached hydrogens (tertiary/aromatic N) is 1. The maximum absolute atomic E-state index is 7.56. The molecule has 0 radical (unpaired) electrons. The minimum Gasteiger partial charge on any atom is -0.456 e. The Kier molecular flexibility index (Phi) is 17.0. The Balaban J connectivity index is 0.956. The Morgan fingerprint density at radius 3 is 1.39 bits per heavy atom. The van der Waals surface area contributed by atoms with E-state index in [0.717, 1.165) is 35.2 Å². The first-order chi connectivity index (χ1) is 46.3. The van der Waals surface area contributed by atoms with Crippen LogP contribution in [-0.4, -0.2) is 0 Å². The van der Waals surface area contributed by atoms with Crippen LogP contribution in [0.4, 0.5) is 17.1 Å². The normalized spacial score (nSPS) is 15.3. The molecule has 0 saturated carbocycles. The number of para-hydroxylation sites is 2. The maximum atomic E-state index is 7.56. The number of benzene rings is 9. The standard InChI is InChI=1S/C92H103NO2/c1-11-15-19-23-33-49-91(50-34-24-20-16-12-2)72-40-30-27-37-66(72)85-87(91)86-83(84-69-39-29-32-42-79(69)95-88(84)85)67-46-44-63(57-77(67)92(86,51-35-25-21-17-13-3)52-36-26-22-18-14-4)93(64-54-60(5)53-61(6)55-64)62-43-45-65-70-58-76-71(59-75(70)90(9,10)74(65)56-62)81-73(89(76,7)8)47-48-80-82(81)68-38-28-31-41-78(68)94-80/h27-32,37-48,53-59H,11-26,33-36,49-52H2,1-10H3. The first kappa shape index (κ1) is 63.4. The van der Waals surface area contributed by atoms with Gasteiger partial charge in [-0.2, -0.15) is 0 Å².